The van der Waals surface area contributed by atoms with E-state index < -0.39 is 46.4 Å². The Morgan fingerprint density at radius 2 is 2.05 bits per heavy atom. The molecule has 0 N–H and O–H groups in total. The molecule has 0 spiro atoms. The largest absolute Gasteiger partial charge is 0.573 e. The highest BCUT2D eigenvalue weighted by Crippen LogP contribution is 2.38. The van der Waals surface area contributed by atoms with E-state index in [1.807, 2.05) is 0 Å². The molecule has 0 saturated heterocycles. The third kappa shape index (κ3) is 3.99. The van der Waals surface area contributed by atoms with Gasteiger partial charge in [-0.1, -0.05) is 0 Å². The predicted molar refractivity (Wildman–Crippen MR) is 58.5 cm³/mol. The van der Waals surface area contributed by atoms with Crippen molar-refractivity contribution in [3.8, 4) is 5.75 Å². The van der Waals surface area contributed by atoms with Crippen LogP contribution in [0.25, 0.3) is 0 Å². The number of carbonyl (C=O) groups excluding carboxylic acids is 1. The fourth-order valence-corrected chi connectivity index (χ4v) is 1.45. The lowest BCUT2D eigenvalue weighted by atomic mass is 10.1. The standard InChI is InChI=1S/C10H7F5N2O5/c1-2-21-9(18)5-6(8(11)12)16-3-4(7(5)17(19)20)22-10(13,14)15/h3,8H,2H2,1H3. The molecule has 12 heteroatoms. The van der Waals surface area contributed by atoms with Gasteiger partial charge in [0.2, 0.25) is 5.75 Å². The van der Waals surface area contributed by atoms with Crippen molar-refractivity contribution in [2.24, 2.45) is 0 Å². The number of nitrogens with zero attached hydrogens (tertiary/aromatic N) is 2. The number of hydrogen-bond donors (Lipinski definition) is 0. The van der Waals surface area contributed by atoms with Gasteiger partial charge in [-0.25, -0.2) is 18.6 Å². The quantitative estimate of drug-likeness (QED) is 0.357. The van der Waals surface area contributed by atoms with Crippen LogP contribution in [0.5, 0.6) is 5.75 Å². The molecule has 0 unspecified atom stereocenters. The van der Waals surface area contributed by atoms with Gasteiger partial charge < -0.3 is 9.47 Å². The molecule has 0 aliphatic carbocycles. The van der Waals surface area contributed by atoms with Gasteiger partial charge in [0, 0.05) is 0 Å². The lowest BCUT2D eigenvalue weighted by Crippen LogP contribution is -2.20. The van der Waals surface area contributed by atoms with Crippen LogP contribution in [0, 0.1) is 10.1 Å². The van der Waals surface area contributed by atoms with Gasteiger partial charge in [0.15, 0.2) is 5.56 Å². The van der Waals surface area contributed by atoms with E-state index in [1.165, 1.54) is 6.92 Å². The molecule has 0 fully saturated rings. The van der Waals surface area contributed by atoms with Gasteiger partial charge in [0.25, 0.3) is 6.43 Å². The van der Waals surface area contributed by atoms with Gasteiger partial charge in [0.05, 0.1) is 17.7 Å². The van der Waals surface area contributed by atoms with E-state index in [1.54, 1.807) is 0 Å². The van der Waals surface area contributed by atoms with Crippen LogP contribution in [0.4, 0.5) is 27.6 Å². The Balaban J connectivity index is 3.61. The summed E-state index contributed by atoms with van der Waals surface area (Å²) < 4.78 is 69.8. The summed E-state index contributed by atoms with van der Waals surface area (Å²) in [6, 6.07) is 0. The Morgan fingerprint density at radius 3 is 2.45 bits per heavy atom. The van der Waals surface area contributed by atoms with E-state index in [0.29, 0.717) is 0 Å². The molecule has 1 rings (SSSR count). The Kier molecular flexibility index (Phi) is 5.17. The molecule has 0 aliphatic rings. The molecule has 0 aliphatic heterocycles. The number of pyridine rings is 1. The van der Waals surface area contributed by atoms with E-state index in [0.717, 1.165) is 0 Å². The van der Waals surface area contributed by atoms with Gasteiger partial charge in [-0.2, -0.15) is 0 Å². The van der Waals surface area contributed by atoms with Crippen LogP contribution in [-0.4, -0.2) is 28.8 Å². The summed E-state index contributed by atoms with van der Waals surface area (Å²) in [6.07, 6.45) is -8.70. The Bertz CT molecular complexity index is 590. The van der Waals surface area contributed by atoms with Crippen LogP contribution in [0.3, 0.4) is 0 Å². The number of hydrogen-bond acceptors (Lipinski definition) is 6. The third-order valence-electron chi connectivity index (χ3n) is 2.14. The van der Waals surface area contributed by atoms with E-state index in [9.17, 15) is 36.9 Å². The van der Waals surface area contributed by atoms with Crippen LogP contribution < -0.4 is 4.74 Å². The van der Waals surface area contributed by atoms with Crippen molar-refractivity contribution < 1.29 is 41.1 Å². The molecule has 0 saturated carbocycles. The molecule has 0 bridgehead atoms. The smallest absolute Gasteiger partial charge is 0.462 e. The molecular formula is C10H7F5N2O5. The fourth-order valence-electron chi connectivity index (χ4n) is 1.45. The topological polar surface area (TPSA) is 91.6 Å². The number of aromatic nitrogens is 1. The van der Waals surface area contributed by atoms with Crippen LogP contribution >= 0.6 is 0 Å². The summed E-state index contributed by atoms with van der Waals surface area (Å²) in [5.41, 5.74) is -4.36. The molecular weight excluding hydrogens is 323 g/mol. The van der Waals surface area contributed by atoms with Crippen molar-refractivity contribution in [3.63, 3.8) is 0 Å². The molecule has 0 atom stereocenters. The Morgan fingerprint density at radius 1 is 1.45 bits per heavy atom. The predicted octanol–water partition coefficient (Wildman–Crippen LogP) is 3.00. The van der Waals surface area contributed by atoms with Crippen molar-refractivity contribution in [2.75, 3.05) is 6.61 Å². The molecule has 1 aromatic heterocycles. The first kappa shape index (κ1) is 17.5. The number of esters is 1. The second-order valence-electron chi connectivity index (χ2n) is 3.56. The summed E-state index contributed by atoms with van der Waals surface area (Å²) >= 11 is 0. The second kappa shape index (κ2) is 6.49. The molecule has 0 amide bonds. The SMILES string of the molecule is CCOC(=O)c1c(C(F)F)ncc(OC(F)(F)F)c1[N+](=O)[O-]. The molecule has 1 aromatic rings. The van der Waals surface area contributed by atoms with Gasteiger partial charge in [-0.05, 0) is 6.92 Å². The van der Waals surface area contributed by atoms with E-state index in [4.69, 9.17) is 0 Å². The molecule has 1 heterocycles. The first-order valence-corrected chi connectivity index (χ1v) is 5.46. The third-order valence-corrected chi connectivity index (χ3v) is 2.14. The number of nitro groups is 1. The number of halogens is 5. The zero-order valence-electron chi connectivity index (χ0n) is 10.7. The zero-order chi connectivity index (χ0) is 17.1. The first-order chi connectivity index (χ1) is 10.1. The number of ether oxygens (including phenoxy) is 2. The lowest BCUT2D eigenvalue weighted by molar-refractivity contribution is -0.389. The van der Waals surface area contributed by atoms with Crippen molar-refractivity contribution in [1.82, 2.24) is 4.98 Å². The molecule has 7 nitrogen and oxygen atoms in total. The van der Waals surface area contributed by atoms with Crippen LogP contribution in [0.15, 0.2) is 6.20 Å². The monoisotopic (exact) mass is 330 g/mol. The van der Waals surface area contributed by atoms with E-state index in [2.05, 4.69) is 14.5 Å². The van der Waals surface area contributed by atoms with Crippen molar-refractivity contribution in [1.29, 1.82) is 0 Å². The molecule has 122 valence electrons. The maximum Gasteiger partial charge on any atom is 0.573 e. The van der Waals surface area contributed by atoms with Crippen LogP contribution in [0.1, 0.15) is 29.4 Å². The minimum Gasteiger partial charge on any atom is -0.462 e. The highest BCUT2D eigenvalue weighted by atomic mass is 19.4. The van der Waals surface area contributed by atoms with Gasteiger partial charge in [-0.15, -0.1) is 13.2 Å². The first-order valence-electron chi connectivity index (χ1n) is 5.46. The van der Waals surface area contributed by atoms with Crippen molar-refractivity contribution >= 4 is 11.7 Å². The Hall–Kier alpha value is -2.53. The van der Waals surface area contributed by atoms with Crippen LogP contribution in [-0.2, 0) is 4.74 Å². The molecule has 0 radical (unpaired) electrons. The maximum absolute atomic E-state index is 12.8. The van der Waals surface area contributed by atoms with Crippen molar-refractivity contribution in [2.45, 2.75) is 19.7 Å². The zero-order valence-corrected chi connectivity index (χ0v) is 10.7. The molecule has 22 heavy (non-hydrogen) atoms. The second-order valence-corrected chi connectivity index (χ2v) is 3.56. The summed E-state index contributed by atoms with van der Waals surface area (Å²) in [6.45, 7) is 0.929. The summed E-state index contributed by atoms with van der Waals surface area (Å²) in [4.78, 5) is 23.9. The lowest BCUT2D eigenvalue weighted by Gasteiger charge is -2.13. The average Bonchev–Trinajstić information content (AvgIpc) is 2.35. The minimum atomic E-state index is -5.34. The van der Waals surface area contributed by atoms with Crippen molar-refractivity contribution in [3.05, 3.63) is 27.6 Å². The summed E-state index contributed by atoms with van der Waals surface area (Å²) in [5, 5.41) is 10.9. The van der Waals surface area contributed by atoms with E-state index in [-0.39, 0.29) is 12.8 Å². The average molecular weight is 330 g/mol. The highest BCUT2D eigenvalue weighted by molar-refractivity contribution is 5.96. The number of rotatable bonds is 5. The van der Waals surface area contributed by atoms with Gasteiger partial charge in [0.1, 0.15) is 5.69 Å². The number of carbonyl (C=O) groups is 1. The summed E-state index contributed by atoms with van der Waals surface area (Å²) in [7, 11) is 0. The summed E-state index contributed by atoms with van der Waals surface area (Å²) in [5.74, 6) is -3.10. The van der Waals surface area contributed by atoms with Gasteiger partial charge >= 0.3 is 18.0 Å². The van der Waals surface area contributed by atoms with E-state index >= 15 is 0 Å². The normalized spacial score (nSPS) is 11.4. The van der Waals surface area contributed by atoms with Crippen LogP contribution in [0.2, 0.25) is 0 Å². The number of alkyl halides is 5. The maximum atomic E-state index is 12.8. The molecule has 0 aromatic carbocycles. The highest BCUT2D eigenvalue weighted by Gasteiger charge is 2.40. The minimum absolute atomic E-state index is 0.0931. The fraction of sp³-hybridized carbons (Fsp3) is 0.400. The van der Waals surface area contributed by atoms with Gasteiger partial charge in [-0.3, -0.25) is 10.1 Å². The Labute approximate surface area is 118 Å².